The molecular weight excluding hydrogens is 372 g/mol. The Kier molecular flexibility index (Phi) is 3.75. The predicted molar refractivity (Wildman–Crippen MR) is 79.8 cm³/mol. The van der Waals surface area contributed by atoms with Gasteiger partial charge in [-0.05, 0) is 63.4 Å². The van der Waals surface area contributed by atoms with Crippen molar-refractivity contribution in [2.45, 2.75) is 30.7 Å². The van der Waals surface area contributed by atoms with Gasteiger partial charge >= 0.3 is 5.51 Å². The van der Waals surface area contributed by atoms with E-state index in [4.69, 9.17) is 0 Å². The van der Waals surface area contributed by atoms with Crippen molar-refractivity contribution in [2.75, 3.05) is 0 Å². The number of benzene rings is 1. The highest BCUT2D eigenvalue weighted by Gasteiger charge is 2.54. The molecule has 1 aliphatic heterocycles. The molecule has 0 bridgehead atoms. The fourth-order valence-electron chi connectivity index (χ4n) is 2.10. The van der Waals surface area contributed by atoms with E-state index in [2.05, 4.69) is 0 Å². The van der Waals surface area contributed by atoms with Crippen LogP contribution in [0.2, 0.25) is 0 Å². The standard InChI is InChI=1S/C13H14F3IS/c1-9(2)7-11-8-10-5-3-4-6-12(10)18(11,17)13(14,15)16/h3-6,8-9H,7H2,1-2H3. The van der Waals surface area contributed by atoms with Crippen LogP contribution < -0.4 is 0 Å². The van der Waals surface area contributed by atoms with Crippen molar-refractivity contribution >= 4 is 34.5 Å². The van der Waals surface area contributed by atoms with E-state index in [9.17, 15) is 13.2 Å². The van der Waals surface area contributed by atoms with Crippen LogP contribution in [0.4, 0.5) is 13.2 Å². The van der Waals surface area contributed by atoms with Gasteiger partial charge in [0.1, 0.15) is 0 Å². The molecule has 0 aliphatic carbocycles. The molecule has 5 heteroatoms. The number of fused-ring (bicyclic) bond motifs is 1. The Balaban J connectivity index is 2.56. The quantitative estimate of drug-likeness (QED) is 0.537. The second-order valence-corrected chi connectivity index (χ2v) is 11.2. The molecule has 1 aromatic carbocycles. The minimum absolute atomic E-state index is 0.231. The molecule has 0 fully saturated rings. The first-order chi connectivity index (χ1) is 8.26. The largest absolute Gasteiger partial charge is 0.441 e. The van der Waals surface area contributed by atoms with Crippen molar-refractivity contribution in [2.24, 2.45) is 5.92 Å². The fourth-order valence-corrected chi connectivity index (χ4v) is 6.62. The monoisotopic (exact) mass is 386 g/mol. The van der Waals surface area contributed by atoms with Crippen molar-refractivity contribution in [3.05, 3.63) is 34.7 Å². The Morgan fingerprint density at radius 3 is 2.39 bits per heavy atom. The Morgan fingerprint density at radius 2 is 1.83 bits per heavy atom. The van der Waals surface area contributed by atoms with Crippen molar-refractivity contribution in [1.82, 2.24) is 0 Å². The van der Waals surface area contributed by atoms with Gasteiger partial charge in [-0.25, -0.2) is 0 Å². The molecule has 0 nitrogen and oxygen atoms in total. The summed E-state index contributed by atoms with van der Waals surface area (Å²) < 4.78 is 40.5. The van der Waals surface area contributed by atoms with Crippen LogP contribution in [-0.2, 0) is 0 Å². The van der Waals surface area contributed by atoms with Crippen LogP contribution in [0, 0.1) is 5.92 Å². The third-order valence-corrected chi connectivity index (χ3v) is 10.1. The fraction of sp³-hybridized carbons (Fsp3) is 0.385. The number of rotatable bonds is 2. The van der Waals surface area contributed by atoms with E-state index < -0.39 is 12.7 Å². The Morgan fingerprint density at radius 1 is 1.22 bits per heavy atom. The molecule has 1 aliphatic rings. The minimum atomic E-state index is -4.18. The summed E-state index contributed by atoms with van der Waals surface area (Å²) in [6, 6.07) is 6.88. The van der Waals surface area contributed by atoms with Crippen molar-refractivity contribution in [1.29, 1.82) is 0 Å². The van der Waals surface area contributed by atoms with Gasteiger partial charge in [-0.15, -0.1) is 0 Å². The van der Waals surface area contributed by atoms with Crippen LogP contribution in [0.3, 0.4) is 0 Å². The van der Waals surface area contributed by atoms with Crippen LogP contribution in [0.25, 0.3) is 6.08 Å². The Hall–Kier alpha value is -0.170. The summed E-state index contributed by atoms with van der Waals surface area (Å²) in [4.78, 5) is 1.00. The molecule has 1 heterocycles. The zero-order valence-electron chi connectivity index (χ0n) is 10.1. The van der Waals surface area contributed by atoms with Gasteiger partial charge in [0, 0.05) is 4.90 Å². The highest BCUT2D eigenvalue weighted by molar-refractivity contribution is 14.2. The lowest BCUT2D eigenvalue weighted by Crippen LogP contribution is -2.16. The summed E-state index contributed by atoms with van der Waals surface area (Å²) in [5.41, 5.74) is -3.45. The van der Waals surface area contributed by atoms with Gasteiger partial charge in [0.05, 0.1) is 0 Å². The highest BCUT2D eigenvalue weighted by atomic mass is 127. The summed E-state index contributed by atoms with van der Waals surface area (Å²) in [5.74, 6) is 0.231. The van der Waals surface area contributed by atoms with Crippen molar-refractivity contribution < 1.29 is 13.2 Å². The topological polar surface area (TPSA) is 0 Å². The van der Waals surface area contributed by atoms with E-state index in [1.54, 1.807) is 51.5 Å². The molecule has 0 saturated carbocycles. The zero-order chi connectivity index (χ0) is 13.6. The van der Waals surface area contributed by atoms with Crippen molar-refractivity contribution in [3.63, 3.8) is 0 Å². The van der Waals surface area contributed by atoms with E-state index in [1.165, 1.54) is 0 Å². The van der Waals surface area contributed by atoms with Crippen LogP contribution in [0.5, 0.6) is 0 Å². The maximum atomic E-state index is 13.5. The predicted octanol–water partition coefficient (Wildman–Crippen LogP) is 6.12. The lowest BCUT2D eigenvalue weighted by molar-refractivity contribution is -0.0353. The molecule has 0 spiro atoms. The minimum Gasteiger partial charge on any atom is -0.160 e. The normalized spacial score (nSPS) is 26.7. The van der Waals surface area contributed by atoms with Gasteiger partial charge in [0.15, 0.2) is 0 Å². The molecule has 0 amide bonds. The molecule has 1 unspecified atom stereocenters. The van der Waals surface area contributed by atoms with Gasteiger partial charge in [-0.2, -0.15) is 13.2 Å². The third-order valence-electron chi connectivity index (χ3n) is 2.83. The first kappa shape index (κ1) is 14.2. The molecule has 2 rings (SSSR count). The van der Waals surface area contributed by atoms with Gasteiger partial charge < -0.3 is 0 Å². The van der Waals surface area contributed by atoms with E-state index in [1.807, 2.05) is 13.8 Å². The average Bonchev–Trinajstić information content (AvgIpc) is 2.52. The lowest BCUT2D eigenvalue weighted by Gasteiger charge is -2.35. The molecule has 1 atom stereocenters. The Labute approximate surface area is 119 Å². The number of hydrogen-bond acceptors (Lipinski definition) is 0. The Bertz CT molecular complexity index is 493. The SMILES string of the molecule is CC(C)CC1=Cc2ccccc2S1(I)C(F)(F)F. The average molecular weight is 386 g/mol. The molecule has 1 aromatic rings. The molecule has 18 heavy (non-hydrogen) atoms. The summed E-state index contributed by atoms with van der Waals surface area (Å²) in [6.45, 7) is 3.91. The molecule has 0 aromatic heterocycles. The maximum Gasteiger partial charge on any atom is 0.441 e. The van der Waals surface area contributed by atoms with Crippen molar-refractivity contribution in [3.8, 4) is 0 Å². The van der Waals surface area contributed by atoms with Crippen LogP contribution in [0.15, 0.2) is 34.1 Å². The van der Waals surface area contributed by atoms with Crippen LogP contribution >= 0.6 is 28.4 Å². The third kappa shape index (κ3) is 2.19. The van der Waals surface area contributed by atoms with Gasteiger partial charge in [0.2, 0.25) is 0 Å². The second-order valence-electron chi connectivity index (χ2n) is 4.73. The molecule has 100 valence electrons. The first-order valence-corrected chi connectivity index (χ1v) is 9.83. The van der Waals surface area contributed by atoms with Gasteiger partial charge in [-0.3, -0.25) is 0 Å². The number of allylic oxidation sites excluding steroid dienone is 1. The van der Waals surface area contributed by atoms with Crippen LogP contribution in [-0.4, -0.2) is 5.51 Å². The molecule has 0 N–H and O–H groups in total. The maximum absolute atomic E-state index is 13.5. The summed E-state index contributed by atoms with van der Waals surface area (Å²) in [6.07, 6.45) is 2.25. The van der Waals surface area contributed by atoms with E-state index in [0.29, 0.717) is 16.2 Å². The molecule has 0 saturated heterocycles. The van der Waals surface area contributed by atoms with Gasteiger partial charge in [0.25, 0.3) is 0 Å². The summed E-state index contributed by atoms with van der Waals surface area (Å²) in [5, 5.41) is 0. The summed E-state index contributed by atoms with van der Waals surface area (Å²) >= 11 is 1.65. The van der Waals surface area contributed by atoms with Crippen LogP contribution in [0.1, 0.15) is 25.8 Å². The number of halogens is 4. The van der Waals surface area contributed by atoms with E-state index in [-0.39, 0.29) is 5.92 Å². The first-order valence-electron chi connectivity index (χ1n) is 5.65. The molecular formula is C13H14F3IS. The van der Waals surface area contributed by atoms with E-state index >= 15 is 0 Å². The number of hydrogen-bond donors (Lipinski definition) is 0. The zero-order valence-corrected chi connectivity index (χ0v) is 13.1. The number of alkyl halides is 3. The lowest BCUT2D eigenvalue weighted by atomic mass is 10.1. The smallest absolute Gasteiger partial charge is 0.160 e. The second kappa shape index (κ2) is 4.74. The van der Waals surface area contributed by atoms with Gasteiger partial charge in [-0.1, -0.05) is 32.0 Å². The molecule has 0 radical (unpaired) electrons. The van der Waals surface area contributed by atoms with E-state index in [0.717, 1.165) is 5.56 Å². The highest BCUT2D eigenvalue weighted by Crippen LogP contribution is 2.82. The summed E-state index contributed by atoms with van der Waals surface area (Å²) in [7, 11) is -2.88.